The van der Waals surface area contributed by atoms with Gasteiger partial charge in [0.05, 0.1) is 12.7 Å². The average molecular weight is 281 g/mol. The van der Waals surface area contributed by atoms with E-state index in [1.165, 1.54) is 44.9 Å². The van der Waals surface area contributed by atoms with Crippen molar-refractivity contribution in [3.05, 3.63) is 0 Å². The second kappa shape index (κ2) is 6.79. The predicted molar refractivity (Wildman–Crippen MR) is 86.0 cm³/mol. The summed E-state index contributed by atoms with van der Waals surface area (Å²) in [4.78, 5) is 0. The lowest BCUT2D eigenvalue weighted by Gasteiger charge is -2.42. The summed E-state index contributed by atoms with van der Waals surface area (Å²) in [5.41, 5.74) is 0.791. The lowest BCUT2D eigenvalue weighted by molar-refractivity contribution is -0.0525. The van der Waals surface area contributed by atoms with Crippen molar-refractivity contribution in [2.45, 2.75) is 78.7 Å². The normalized spacial score (nSPS) is 26.7. The number of hydrogen-bond acceptors (Lipinski definition) is 2. The van der Waals surface area contributed by atoms with Crippen LogP contribution in [0, 0.1) is 16.7 Å². The molecule has 2 heteroatoms. The molecule has 2 rings (SSSR count). The lowest BCUT2D eigenvalue weighted by atomic mass is 9.66. The number of hydrogen-bond donors (Lipinski definition) is 1. The Kier molecular flexibility index (Phi) is 5.53. The summed E-state index contributed by atoms with van der Waals surface area (Å²) in [5.74, 6) is 0.942. The van der Waals surface area contributed by atoms with E-state index >= 15 is 0 Å². The number of morpholine rings is 1. The lowest BCUT2D eigenvalue weighted by Crippen LogP contribution is -2.47. The van der Waals surface area contributed by atoms with E-state index in [2.05, 4.69) is 33.0 Å². The van der Waals surface area contributed by atoms with Crippen molar-refractivity contribution in [1.29, 1.82) is 0 Å². The smallest absolute Gasteiger partial charge is 0.0750 e. The van der Waals surface area contributed by atoms with Crippen molar-refractivity contribution >= 4 is 0 Å². The van der Waals surface area contributed by atoms with Gasteiger partial charge in [-0.2, -0.15) is 0 Å². The van der Waals surface area contributed by atoms with Crippen LogP contribution in [0.1, 0.15) is 72.6 Å². The Morgan fingerprint density at radius 2 is 1.60 bits per heavy atom. The zero-order chi connectivity index (χ0) is 14.6. The molecule has 0 spiro atoms. The van der Waals surface area contributed by atoms with Crippen LogP contribution in [0.15, 0.2) is 0 Å². The molecule has 2 fully saturated rings. The highest BCUT2D eigenvalue weighted by atomic mass is 16.5. The van der Waals surface area contributed by atoms with Crippen LogP contribution in [0.3, 0.4) is 0 Å². The Hall–Kier alpha value is -0.0800. The molecule has 118 valence electrons. The van der Waals surface area contributed by atoms with Crippen molar-refractivity contribution in [3.63, 3.8) is 0 Å². The molecule has 1 aliphatic heterocycles. The summed E-state index contributed by atoms with van der Waals surface area (Å²) >= 11 is 0. The zero-order valence-electron chi connectivity index (χ0n) is 14.1. The highest BCUT2D eigenvalue weighted by molar-refractivity contribution is 4.87. The van der Waals surface area contributed by atoms with E-state index in [1.54, 1.807) is 0 Å². The van der Waals surface area contributed by atoms with E-state index in [1.807, 2.05) is 0 Å². The Morgan fingerprint density at radius 1 is 0.950 bits per heavy atom. The van der Waals surface area contributed by atoms with Crippen LogP contribution < -0.4 is 5.32 Å². The maximum absolute atomic E-state index is 5.99. The molecule has 0 bridgehead atoms. The minimum atomic E-state index is 0.291. The minimum Gasteiger partial charge on any atom is -0.375 e. The van der Waals surface area contributed by atoms with E-state index in [9.17, 15) is 0 Å². The van der Waals surface area contributed by atoms with Gasteiger partial charge in [0.15, 0.2) is 0 Å². The average Bonchev–Trinajstić information content (AvgIpc) is 2.47. The minimum absolute atomic E-state index is 0.291. The molecular weight excluding hydrogens is 246 g/mol. The molecule has 1 N–H and O–H groups in total. The highest BCUT2D eigenvalue weighted by Gasteiger charge is 2.36. The van der Waals surface area contributed by atoms with Crippen molar-refractivity contribution in [2.75, 3.05) is 19.7 Å². The van der Waals surface area contributed by atoms with Gasteiger partial charge in [0.2, 0.25) is 0 Å². The molecule has 1 atom stereocenters. The summed E-state index contributed by atoms with van der Waals surface area (Å²) in [6.45, 7) is 12.7. The molecule has 0 radical (unpaired) electrons. The Balaban J connectivity index is 1.85. The summed E-state index contributed by atoms with van der Waals surface area (Å²) in [7, 11) is 0. The van der Waals surface area contributed by atoms with Gasteiger partial charge in [-0.15, -0.1) is 0 Å². The monoisotopic (exact) mass is 281 g/mol. The third-order valence-electron chi connectivity index (χ3n) is 5.92. The third kappa shape index (κ3) is 4.21. The van der Waals surface area contributed by atoms with Gasteiger partial charge in [-0.25, -0.2) is 0 Å². The SMILES string of the molecule is CC(C)(CCC(C)(C)C1CNCCO1)C1CCCCC1. The van der Waals surface area contributed by atoms with Gasteiger partial charge in [-0.05, 0) is 42.4 Å². The first-order valence-corrected chi connectivity index (χ1v) is 8.74. The second-order valence-corrected chi connectivity index (χ2v) is 8.38. The zero-order valence-corrected chi connectivity index (χ0v) is 14.1. The van der Waals surface area contributed by atoms with Crippen molar-refractivity contribution in [3.8, 4) is 0 Å². The van der Waals surface area contributed by atoms with Gasteiger partial charge in [0, 0.05) is 13.1 Å². The van der Waals surface area contributed by atoms with Crippen LogP contribution in [-0.2, 0) is 4.74 Å². The largest absolute Gasteiger partial charge is 0.375 e. The molecular formula is C18H35NO. The molecule has 20 heavy (non-hydrogen) atoms. The van der Waals surface area contributed by atoms with Gasteiger partial charge in [0.1, 0.15) is 0 Å². The molecule has 1 unspecified atom stereocenters. The Labute approximate surface area is 126 Å². The molecule has 1 aliphatic carbocycles. The van der Waals surface area contributed by atoms with Crippen LogP contribution >= 0.6 is 0 Å². The van der Waals surface area contributed by atoms with Gasteiger partial charge >= 0.3 is 0 Å². The van der Waals surface area contributed by atoms with E-state index in [4.69, 9.17) is 4.74 Å². The van der Waals surface area contributed by atoms with E-state index in [-0.39, 0.29) is 0 Å². The molecule has 0 aromatic carbocycles. The third-order valence-corrected chi connectivity index (χ3v) is 5.92. The molecule has 0 aromatic heterocycles. The van der Waals surface area contributed by atoms with Crippen LogP contribution in [0.4, 0.5) is 0 Å². The fraction of sp³-hybridized carbons (Fsp3) is 1.00. The van der Waals surface area contributed by atoms with Crippen LogP contribution in [0.2, 0.25) is 0 Å². The molecule has 1 saturated heterocycles. The van der Waals surface area contributed by atoms with Gasteiger partial charge in [0.25, 0.3) is 0 Å². The standard InChI is InChI=1S/C18H35NO/c1-17(2,15-8-6-5-7-9-15)10-11-18(3,4)16-14-19-12-13-20-16/h15-16,19H,5-14H2,1-4H3. The van der Waals surface area contributed by atoms with Crippen molar-refractivity contribution in [2.24, 2.45) is 16.7 Å². The summed E-state index contributed by atoms with van der Waals surface area (Å²) in [6, 6.07) is 0. The topological polar surface area (TPSA) is 21.3 Å². The maximum Gasteiger partial charge on any atom is 0.0750 e. The summed E-state index contributed by atoms with van der Waals surface area (Å²) < 4.78 is 5.99. The molecule has 0 aromatic rings. The van der Waals surface area contributed by atoms with Crippen molar-refractivity contribution in [1.82, 2.24) is 5.32 Å². The van der Waals surface area contributed by atoms with Gasteiger partial charge < -0.3 is 10.1 Å². The molecule has 2 nitrogen and oxygen atoms in total. The van der Waals surface area contributed by atoms with Crippen LogP contribution in [0.5, 0.6) is 0 Å². The first-order chi connectivity index (χ1) is 9.42. The Morgan fingerprint density at radius 3 is 2.20 bits per heavy atom. The summed E-state index contributed by atoms with van der Waals surface area (Å²) in [5, 5.41) is 3.48. The predicted octanol–water partition coefficient (Wildman–Crippen LogP) is 4.39. The maximum atomic E-state index is 5.99. The molecule has 1 saturated carbocycles. The molecule has 1 heterocycles. The quantitative estimate of drug-likeness (QED) is 0.807. The van der Waals surface area contributed by atoms with Crippen LogP contribution in [-0.4, -0.2) is 25.8 Å². The Bertz CT molecular complexity index is 256. The van der Waals surface area contributed by atoms with E-state index in [0.717, 1.165) is 25.6 Å². The number of rotatable bonds is 5. The van der Waals surface area contributed by atoms with Gasteiger partial charge in [-0.3, -0.25) is 0 Å². The first kappa shape index (κ1) is 16.3. The number of nitrogens with one attached hydrogen (secondary N) is 1. The van der Waals surface area contributed by atoms with E-state index in [0.29, 0.717) is 16.9 Å². The number of ether oxygens (including phenoxy) is 1. The second-order valence-electron chi connectivity index (χ2n) is 8.38. The summed E-state index contributed by atoms with van der Waals surface area (Å²) in [6.07, 6.45) is 10.3. The molecule has 2 aliphatic rings. The fourth-order valence-corrected chi connectivity index (χ4v) is 3.96. The fourth-order valence-electron chi connectivity index (χ4n) is 3.96. The van der Waals surface area contributed by atoms with Gasteiger partial charge in [-0.1, -0.05) is 47.0 Å². The molecule has 0 amide bonds. The highest BCUT2D eigenvalue weighted by Crippen LogP contribution is 2.44. The van der Waals surface area contributed by atoms with Crippen LogP contribution in [0.25, 0.3) is 0 Å². The van der Waals surface area contributed by atoms with Crippen molar-refractivity contribution < 1.29 is 4.74 Å². The van der Waals surface area contributed by atoms with E-state index < -0.39 is 0 Å². The first-order valence-electron chi connectivity index (χ1n) is 8.74.